The summed E-state index contributed by atoms with van der Waals surface area (Å²) in [4.78, 5) is 23.7. The number of carbonyl (C=O) groups is 2. The van der Waals surface area contributed by atoms with E-state index in [-0.39, 0.29) is 34.7 Å². The van der Waals surface area contributed by atoms with Gasteiger partial charge in [-0.3, -0.25) is 9.59 Å². The first kappa shape index (κ1) is 25.8. The zero-order valence-corrected chi connectivity index (χ0v) is 20.2. The third kappa shape index (κ3) is 5.61. The number of fused-ring (bicyclic) bond motifs is 1. The van der Waals surface area contributed by atoms with Crippen molar-refractivity contribution in [3.8, 4) is 16.9 Å². The van der Waals surface area contributed by atoms with Gasteiger partial charge in [-0.1, -0.05) is 41.5 Å². The Balaban J connectivity index is 1.77. The summed E-state index contributed by atoms with van der Waals surface area (Å²) in [6.45, 7) is 3.69. The van der Waals surface area contributed by atoms with Crippen LogP contribution >= 0.6 is 0 Å². The lowest BCUT2D eigenvalue weighted by atomic mass is 9.91. The van der Waals surface area contributed by atoms with Gasteiger partial charge in [0.2, 0.25) is 0 Å². The van der Waals surface area contributed by atoms with Crippen molar-refractivity contribution in [3.63, 3.8) is 0 Å². The van der Waals surface area contributed by atoms with Gasteiger partial charge in [-0.15, -0.1) is 0 Å². The van der Waals surface area contributed by atoms with Crippen LogP contribution in [0, 0.1) is 13.8 Å². The number of carboxylic acid groups (broad SMARTS) is 1. The summed E-state index contributed by atoms with van der Waals surface area (Å²) in [7, 11) is 0. The highest BCUT2D eigenvalue weighted by atomic mass is 19.4. The van der Waals surface area contributed by atoms with Gasteiger partial charge in [0.05, 0.1) is 22.5 Å². The molecule has 1 aliphatic heterocycles. The number of aryl methyl sites for hydroxylation is 3. The molecule has 6 nitrogen and oxygen atoms in total. The standard InChI is InChI=1S/C28H25F3N2O4/c1-15-9-16(2)11-18(10-15)20-12-19(28(29,30)31)13-23-25(20)21(27(37)33-23)14-32-22-7-3-5-17(26(22)36)6-4-8-24(34)35/h3,5,7,9-14,32,36H,4,6,8H2,1-2H3,(H,33,37)(H,34,35)/b21-14-. The molecule has 0 unspecified atom stereocenters. The summed E-state index contributed by atoms with van der Waals surface area (Å²) in [5, 5.41) is 24.9. The van der Waals surface area contributed by atoms with Gasteiger partial charge < -0.3 is 20.8 Å². The van der Waals surface area contributed by atoms with E-state index in [0.29, 0.717) is 29.5 Å². The summed E-state index contributed by atoms with van der Waals surface area (Å²) < 4.78 is 41.1. The number of alkyl halides is 3. The molecule has 1 heterocycles. The highest BCUT2D eigenvalue weighted by Crippen LogP contribution is 2.44. The molecular formula is C28H25F3N2O4. The maximum absolute atomic E-state index is 13.7. The average molecular weight is 511 g/mol. The molecule has 0 saturated heterocycles. The summed E-state index contributed by atoms with van der Waals surface area (Å²) in [5.74, 6) is -1.60. The second-order valence-electron chi connectivity index (χ2n) is 9.04. The van der Waals surface area contributed by atoms with Crippen molar-refractivity contribution < 1.29 is 33.0 Å². The second kappa shape index (κ2) is 10.0. The van der Waals surface area contributed by atoms with Crippen molar-refractivity contribution in [2.45, 2.75) is 39.3 Å². The molecule has 0 aliphatic carbocycles. The smallest absolute Gasteiger partial charge is 0.416 e. The highest BCUT2D eigenvalue weighted by Gasteiger charge is 2.36. The molecule has 0 radical (unpaired) electrons. The molecule has 0 saturated carbocycles. The van der Waals surface area contributed by atoms with Crippen molar-refractivity contribution in [1.29, 1.82) is 0 Å². The predicted octanol–water partition coefficient (Wildman–Crippen LogP) is 6.51. The van der Waals surface area contributed by atoms with E-state index >= 15 is 0 Å². The van der Waals surface area contributed by atoms with Gasteiger partial charge in [-0.25, -0.2) is 0 Å². The molecule has 1 aliphatic rings. The lowest BCUT2D eigenvalue weighted by molar-refractivity contribution is -0.138. The van der Waals surface area contributed by atoms with E-state index in [1.807, 2.05) is 19.9 Å². The highest BCUT2D eigenvalue weighted by molar-refractivity contribution is 6.33. The number of anilines is 2. The molecule has 0 bridgehead atoms. The van der Waals surface area contributed by atoms with Crippen LogP contribution in [0.4, 0.5) is 24.5 Å². The number of aliphatic carboxylic acids is 1. The lowest BCUT2D eigenvalue weighted by Crippen LogP contribution is -2.07. The molecule has 0 aromatic heterocycles. The molecule has 192 valence electrons. The number of phenolic OH excluding ortho intramolecular Hbond substituents is 1. The largest absolute Gasteiger partial charge is 0.505 e. The third-order valence-electron chi connectivity index (χ3n) is 6.09. The summed E-state index contributed by atoms with van der Waals surface area (Å²) in [6.07, 6.45) is -2.62. The number of carboxylic acids is 1. The normalized spacial score (nSPS) is 14.0. The molecule has 1 amide bonds. The minimum absolute atomic E-state index is 0.0424. The maximum Gasteiger partial charge on any atom is 0.416 e. The van der Waals surface area contributed by atoms with E-state index < -0.39 is 23.6 Å². The topological polar surface area (TPSA) is 98.7 Å². The number of nitrogens with one attached hydrogen (secondary N) is 2. The number of carbonyl (C=O) groups excluding carboxylic acids is 1. The number of phenols is 1. The number of halogens is 3. The van der Waals surface area contributed by atoms with E-state index in [2.05, 4.69) is 10.6 Å². The minimum atomic E-state index is -4.61. The van der Waals surface area contributed by atoms with Gasteiger partial charge >= 0.3 is 12.1 Å². The number of rotatable bonds is 7. The molecule has 9 heteroatoms. The molecule has 4 N–H and O–H groups in total. The van der Waals surface area contributed by atoms with Crippen molar-refractivity contribution >= 4 is 28.8 Å². The van der Waals surface area contributed by atoms with Crippen LogP contribution < -0.4 is 10.6 Å². The van der Waals surface area contributed by atoms with Crippen LogP contribution in [-0.2, 0) is 22.2 Å². The Morgan fingerprint density at radius 1 is 1.08 bits per heavy atom. The Morgan fingerprint density at radius 3 is 2.43 bits per heavy atom. The fourth-order valence-corrected chi connectivity index (χ4v) is 4.48. The zero-order chi connectivity index (χ0) is 26.9. The molecule has 0 atom stereocenters. The number of para-hydroxylation sites is 1. The molecule has 37 heavy (non-hydrogen) atoms. The van der Waals surface area contributed by atoms with Crippen molar-refractivity contribution in [3.05, 3.63) is 82.5 Å². The Bertz CT molecular complexity index is 1410. The first-order chi connectivity index (χ1) is 17.4. The summed E-state index contributed by atoms with van der Waals surface area (Å²) in [5.41, 5.74) is 2.98. The quantitative estimate of drug-likeness (QED) is 0.215. The van der Waals surface area contributed by atoms with Crippen LogP contribution in [-0.4, -0.2) is 22.1 Å². The Labute approximate surface area is 211 Å². The van der Waals surface area contributed by atoms with E-state index in [1.165, 1.54) is 6.20 Å². The van der Waals surface area contributed by atoms with Gasteiger partial charge in [0.25, 0.3) is 5.91 Å². The average Bonchev–Trinajstić information content (AvgIpc) is 3.12. The number of hydrogen-bond acceptors (Lipinski definition) is 4. The summed E-state index contributed by atoms with van der Waals surface area (Å²) >= 11 is 0. The zero-order valence-electron chi connectivity index (χ0n) is 20.2. The molecule has 3 aromatic rings. The maximum atomic E-state index is 13.7. The second-order valence-corrected chi connectivity index (χ2v) is 9.04. The van der Waals surface area contributed by atoms with Gasteiger partial charge in [-0.05, 0) is 61.6 Å². The van der Waals surface area contributed by atoms with E-state index in [1.54, 1.807) is 30.3 Å². The van der Waals surface area contributed by atoms with E-state index in [4.69, 9.17) is 5.11 Å². The van der Waals surface area contributed by atoms with Crippen LogP contribution in [0.1, 0.15) is 40.7 Å². The van der Waals surface area contributed by atoms with Crippen molar-refractivity contribution in [2.24, 2.45) is 0 Å². The van der Waals surface area contributed by atoms with E-state index in [9.17, 15) is 27.9 Å². The Kier molecular flexibility index (Phi) is 6.98. The molecule has 3 aromatic carbocycles. The van der Waals surface area contributed by atoms with Crippen LogP contribution in [0.3, 0.4) is 0 Å². The monoisotopic (exact) mass is 510 g/mol. The molecule has 4 rings (SSSR count). The molecule has 0 fully saturated rings. The summed E-state index contributed by atoms with van der Waals surface area (Å²) in [6, 6.07) is 12.3. The minimum Gasteiger partial charge on any atom is -0.505 e. The van der Waals surface area contributed by atoms with Gasteiger partial charge in [0, 0.05) is 18.2 Å². The Hall–Kier alpha value is -4.27. The number of aromatic hydroxyl groups is 1. The number of amides is 1. The fraction of sp³-hybridized carbons (Fsp3) is 0.214. The van der Waals surface area contributed by atoms with Crippen molar-refractivity contribution in [2.75, 3.05) is 10.6 Å². The lowest BCUT2D eigenvalue weighted by Gasteiger charge is -2.15. The van der Waals surface area contributed by atoms with Gasteiger partial charge in [0.1, 0.15) is 5.75 Å². The SMILES string of the molecule is Cc1cc(C)cc(-c2cc(C(F)(F)F)cc3c2/C(=C/Nc2cccc(CCCC(=O)O)c2O)C(=O)N3)c1. The molecule has 0 spiro atoms. The molecular weight excluding hydrogens is 485 g/mol. The fourth-order valence-electron chi connectivity index (χ4n) is 4.48. The van der Waals surface area contributed by atoms with Crippen LogP contribution in [0.25, 0.3) is 16.7 Å². The first-order valence-electron chi connectivity index (χ1n) is 11.6. The van der Waals surface area contributed by atoms with Gasteiger partial charge in [0.15, 0.2) is 0 Å². The predicted molar refractivity (Wildman–Crippen MR) is 135 cm³/mol. The number of hydrogen-bond donors (Lipinski definition) is 4. The van der Waals surface area contributed by atoms with Crippen molar-refractivity contribution in [1.82, 2.24) is 0 Å². The van der Waals surface area contributed by atoms with Crippen LogP contribution in [0.15, 0.2) is 54.7 Å². The number of benzene rings is 3. The van der Waals surface area contributed by atoms with Gasteiger partial charge in [-0.2, -0.15) is 13.2 Å². The third-order valence-corrected chi connectivity index (χ3v) is 6.09. The van der Waals surface area contributed by atoms with Crippen LogP contribution in [0.5, 0.6) is 5.75 Å². The van der Waals surface area contributed by atoms with E-state index in [0.717, 1.165) is 23.3 Å². The van der Waals surface area contributed by atoms with Crippen LogP contribution in [0.2, 0.25) is 0 Å². The first-order valence-corrected chi connectivity index (χ1v) is 11.6. The Morgan fingerprint density at radius 2 is 1.78 bits per heavy atom.